The topological polar surface area (TPSA) is 43.4 Å². The molecule has 0 saturated heterocycles. The van der Waals surface area contributed by atoms with Crippen LogP contribution in [0, 0.1) is 22.7 Å². The molecule has 112 valence electrons. The lowest BCUT2D eigenvalue weighted by Crippen LogP contribution is -2.42. The average Bonchev–Trinajstić information content (AvgIpc) is 2.18. The van der Waals surface area contributed by atoms with Crippen LogP contribution in [0.5, 0.6) is 0 Å². The Labute approximate surface area is 118 Å². The molecule has 0 aliphatic heterocycles. The van der Waals surface area contributed by atoms with Crippen molar-refractivity contribution in [2.24, 2.45) is 22.7 Å². The smallest absolute Gasteiger partial charge is 0.134 e. The molecule has 0 heterocycles. The molecular formula is C16H30O3. The van der Waals surface area contributed by atoms with E-state index in [0.717, 1.165) is 12.7 Å². The second-order valence-corrected chi connectivity index (χ2v) is 7.71. The Kier molecular flexibility index (Phi) is 6.40. The molecule has 0 bridgehead atoms. The van der Waals surface area contributed by atoms with Gasteiger partial charge in [0.15, 0.2) is 0 Å². The highest BCUT2D eigenvalue weighted by molar-refractivity contribution is 5.82. The Morgan fingerprint density at radius 1 is 1.16 bits per heavy atom. The quantitative estimate of drug-likeness (QED) is 0.694. The predicted octanol–water partition coefficient (Wildman–Crippen LogP) is 3.50. The van der Waals surface area contributed by atoms with Gasteiger partial charge in [0.1, 0.15) is 12.1 Å². The number of aldehydes is 1. The van der Waals surface area contributed by atoms with Crippen LogP contribution >= 0.6 is 0 Å². The highest BCUT2D eigenvalue weighted by Gasteiger charge is 2.41. The van der Waals surface area contributed by atoms with Crippen molar-refractivity contribution in [1.82, 2.24) is 0 Å². The Hall–Kier alpha value is -0.700. The number of hydrogen-bond acceptors (Lipinski definition) is 3. The van der Waals surface area contributed by atoms with Gasteiger partial charge in [0.05, 0.1) is 12.0 Å². The van der Waals surface area contributed by atoms with Crippen LogP contribution < -0.4 is 0 Å². The minimum Gasteiger partial charge on any atom is -0.381 e. The van der Waals surface area contributed by atoms with E-state index in [1.165, 1.54) is 0 Å². The summed E-state index contributed by atoms with van der Waals surface area (Å²) in [6.07, 6.45) is 1.44. The first-order valence-corrected chi connectivity index (χ1v) is 6.92. The summed E-state index contributed by atoms with van der Waals surface area (Å²) in [5.74, 6) is -0.639. The Morgan fingerprint density at radius 2 is 1.63 bits per heavy atom. The Balaban J connectivity index is 5.34. The molecule has 3 heteroatoms. The highest BCUT2D eigenvalue weighted by atomic mass is 16.5. The SMILES string of the molecule is COC(CC(C)(C)C)C(C=O)C(C(C)=O)C(C)(C)C. The number of ketones is 1. The van der Waals surface area contributed by atoms with Crippen LogP contribution in [-0.4, -0.2) is 25.3 Å². The highest BCUT2D eigenvalue weighted by Crippen LogP contribution is 2.37. The molecule has 0 aromatic carbocycles. The van der Waals surface area contributed by atoms with Crippen molar-refractivity contribution in [3.8, 4) is 0 Å². The number of Topliss-reactive ketones (excluding diaryl/α,β-unsaturated/α-hetero) is 1. The molecule has 0 N–H and O–H groups in total. The van der Waals surface area contributed by atoms with Crippen molar-refractivity contribution < 1.29 is 14.3 Å². The number of ether oxygens (including phenoxy) is 1. The fourth-order valence-electron chi connectivity index (χ4n) is 2.82. The molecule has 0 spiro atoms. The summed E-state index contributed by atoms with van der Waals surface area (Å²) >= 11 is 0. The van der Waals surface area contributed by atoms with Crippen LogP contribution in [0.3, 0.4) is 0 Å². The van der Waals surface area contributed by atoms with Crippen LogP contribution in [0.2, 0.25) is 0 Å². The first kappa shape index (κ1) is 18.3. The first-order chi connectivity index (χ1) is 8.44. The third-order valence-corrected chi connectivity index (χ3v) is 3.46. The lowest BCUT2D eigenvalue weighted by molar-refractivity contribution is -0.136. The van der Waals surface area contributed by atoms with Crippen molar-refractivity contribution in [3.63, 3.8) is 0 Å². The largest absolute Gasteiger partial charge is 0.381 e. The molecule has 0 aliphatic carbocycles. The normalized spacial score (nSPS) is 17.7. The van der Waals surface area contributed by atoms with Gasteiger partial charge in [-0.3, -0.25) is 4.79 Å². The standard InChI is InChI=1S/C16H30O3/c1-11(18)14(16(5,6)7)12(10-17)13(19-8)9-15(2,3)4/h10,12-14H,9H2,1-8H3. The summed E-state index contributed by atoms with van der Waals surface area (Å²) in [7, 11) is 1.62. The first-order valence-electron chi connectivity index (χ1n) is 6.92. The van der Waals surface area contributed by atoms with E-state index in [-0.39, 0.29) is 34.6 Å². The van der Waals surface area contributed by atoms with Gasteiger partial charge in [-0.1, -0.05) is 41.5 Å². The summed E-state index contributed by atoms with van der Waals surface area (Å²) in [4.78, 5) is 23.5. The molecular weight excluding hydrogens is 240 g/mol. The number of rotatable bonds is 6. The van der Waals surface area contributed by atoms with Gasteiger partial charge in [-0.25, -0.2) is 0 Å². The van der Waals surface area contributed by atoms with Gasteiger partial charge in [0, 0.05) is 13.0 Å². The molecule has 19 heavy (non-hydrogen) atoms. The number of carbonyl (C=O) groups excluding carboxylic acids is 2. The van der Waals surface area contributed by atoms with Gasteiger partial charge in [-0.2, -0.15) is 0 Å². The third kappa shape index (κ3) is 5.85. The van der Waals surface area contributed by atoms with E-state index in [1.54, 1.807) is 14.0 Å². The van der Waals surface area contributed by atoms with E-state index in [2.05, 4.69) is 20.8 Å². The van der Waals surface area contributed by atoms with E-state index >= 15 is 0 Å². The maximum absolute atomic E-state index is 12.0. The molecule has 3 nitrogen and oxygen atoms in total. The van der Waals surface area contributed by atoms with Crippen molar-refractivity contribution >= 4 is 12.1 Å². The molecule has 0 fully saturated rings. The monoisotopic (exact) mass is 270 g/mol. The van der Waals surface area contributed by atoms with E-state index in [4.69, 9.17) is 4.74 Å². The molecule has 0 radical (unpaired) electrons. The van der Waals surface area contributed by atoms with Crippen molar-refractivity contribution in [2.45, 2.75) is 61.0 Å². The summed E-state index contributed by atoms with van der Waals surface area (Å²) in [6.45, 7) is 13.9. The molecule has 0 rings (SSSR count). The molecule has 3 unspecified atom stereocenters. The van der Waals surface area contributed by atoms with Gasteiger partial charge < -0.3 is 9.53 Å². The van der Waals surface area contributed by atoms with E-state index < -0.39 is 0 Å². The zero-order valence-corrected chi connectivity index (χ0v) is 13.7. The summed E-state index contributed by atoms with van der Waals surface area (Å²) in [6, 6.07) is 0. The summed E-state index contributed by atoms with van der Waals surface area (Å²) < 4.78 is 5.52. The fraction of sp³-hybridized carbons (Fsp3) is 0.875. The molecule has 0 aliphatic rings. The maximum atomic E-state index is 12.0. The minimum absolute atomic E-state index is 0.0561. The van der Waals surface area contributed by atoms with Crippen LogP contribution in [0.15, 0.2) is 0 Å². The van der Waals surface area contributed by atoms with Gasteiger partial charge in [0.2, 0.25) is 0 Å². The van der Waals surface area contributed by atoms with Crippen molar-refractivity contribution in [1.29, 1.82) is 0 Å². The maximum Gasteiger partial charge on any atom is 0.134 e. The number of methoxy groups -OCH3 is 1. The number of carbonyl (C=O) groups is 2. The van der Waals surface area contributed by atoms with Gasteiger partial charge in [-0.05, 0) is 24.2 Å². The molecule has 0 amide bonds. The molecule has 3 atom stereocenters. The van der Waals surface area contributed by atoms with Crippen molar-refractivity contribution in [2.75, 3.05) is 7.11 Å². The zero-order chi connectivity index (χ0) is 15.4. The number of hydrogen-bond donors (Lipinski definition) is 0. The lowest BCUT2D eigenvalue weighted by atomic mass is 9.68. The van der Waals surface area contributed by atoms with E-state index in [1.807, 2.05) is 20.8 Å². The van der Waals surface area contributed by atoms with Gasteiger partial charge in [-0.15, -0.1) is 0 Å². The molecule has 0 aromatic heterocycles. The van der Waals surface area contributed by atoms with Crippen LogP contribution in [-0.2, 0) is 14.3 Å². The minimum atomic E-state index is -0.387. The van der Waals surface area contributed by atoms with E-state index in [0.29, 0.717) is 0 Å². The summed E-state index contributed by atoms with van der Waals surface area (Å²) in [5, 5.41) is 0. The van der Waals surface area contributed by atoms with Crippen LogP contribution in [0.25, 0.3) is 0 Å². The molecule has 0 saturated carbocycles. The van der Waals surface area contributed by atoms with Crippen molar-refractivity contribution in [3.05, 3.63) is 0 Å². The average molecular weight is 270 g/mol. The second-order valence-electron chi connectivity index (χ2n) is 7.71. The Morgan fingerprint density at radius 3 is 1.84 bits per heavy atom. The Bertz CT molecular complexity index is 307. The lowest BCUT2D eigenvalue weighted by Gasteiger charge is -2.38. The van der Waals surface area contributed by atoms with Crippen LogP contribution in [0.1, 0.15) is 54.9 Å². The predicted molar refractivity (Wildman–Crippen MR) is 78.0 cm³/mol. The van der Waals surface area contributed by atoms with E-state index in [9.17, 15) is 9.59 Å². The fourth-order valence-corrected chi connectivity index (χ4v) is 2.82. The van der Waals surface area contributed by atoms with Crippen LogP contribution in [0.4, 0.5) is 0 Å². The van der Waals surface area contributed by atoms with Gasteiger partial charge >= 0.3 is 0 Å². The zero-order valence-electron chi connectivity index (χ0n) is 13.7. The summed E-state index contributed by atoms with van der Waals surface area (Å²) in [5.41, 5.74) is -0.187. The third-order valence-electron chi connectivity index (χ3n) is 3.46. The van der Waals surface area contributed by atoms with Gasteiger partial charge in [0.25, 0.3) is 0 Å². The second kappa shape index (κ2) is 6.65. The molecule has 0 aromatic rings.